The van der Waals surface area contributed by atoms with Crippen LogP contribution in [0.5, 0.6) is 0 Å². The lowest BCUT2D eigenvalue weighted by Gasteiger charge is -2.16. The number of anilines is 1. The number of carbonyl (C=O) groups excluding carboxylic acids is 1. The van der Waals surface area contributed by atoms with Gasteiger partial charge in [0.2, 0.25) is 10.0 Å². The molecule has 6 nitrogen and oxygen atoms in total. The molecule has 27 heavy (non-hydrogen) atoms. The molecule has 1 aliphatic heterocycles. The zero-order valence-electron chi connectivity index (χ0n) is 16.3. The fourth-order valence-electron chi connectivity index (χ4n) is 3.81. The summed E-state index contributed by atoms with van der Waals surface area (Å²) >= 11 is 0. The third-order valence-corrected chi connectivity index (χ3v) is 6.93. The Labute approximate surface area is 161 Å². The Morgan fingerprint density at radius 1 is 1.11 bits per heavy atom. The van der Waals surface area contributed by atoms with Crippen molar-refractivity contribution < 1.29 is 13.2 Å². The van der Waals surface area contributed by atoms with Crippen LogP contribution in [-0.4, -0.2) is 36.3 Å². The van der Waals surface area contributed by atoms with Gasteiger partial charge in [0.1, 0.15) is 0 Å². The summed E-state index contributed by atoms with van der Waals surface area (Å²) in [6.45, 7) is 9.17. The first-order valence-electron chi connectivity index (χ1n) is 9.32. The zero-order valence-corrected chi connectivity index (χ0v) is 17.1. The van der Waals surface area contributed by atoms with Crippen LogP contribution in [0.25, 0.3) is 0 Å². The second-order valence-corrected chi connectivity index (χ2v) is 9.28. The normalized spacial score (nSPS) is 15.4. The van der Waals surface area contributed by atoms with Gasteiger partial charge in [-0.05, 0) is 64.8 Å². The lowest BCUT2D eigenvalue weighted by atomic mass is 10.2. The second kappa shape index (κ2) is 7.48. The molecule has 0 saturated carbocycles. The van der Waals surface area contributed by atoms with E-state index in [-0.39, 0.29) is 16.8 Å². The molecule has 3 rings (SSSR count). The summed E-state index contributed by atoms with van der Waals surface area (Å²) in [6, 6.07) is 8.62. The van der Waals surface area contributed by atoms with Crippen molar-refractivity contribution in [3.8, 4) is 0 Å². The van der Waals surface area contributed by atoms with Crippen LogP contribution in [0.3, 0.4) is 0 Å². The summed E-state index contributed by atoms with van der Waals surface area (Å²) in [5, 5.41) is 2.85. The van der Waals surface area contributed by atoms with Gasteiger partial charge in [-0.1, -0.05) is 6.07 Å². The summed E-state index contributed by atoms with van der Waals surface area (Å²) in [5.74, 6) is -0.231. The number of hydrogen-bond acceptors (Lipinski definition) is 3. The molecule has 1 aromatic heterocycles. The van der Waals surface area contributed by atoms with Crippen LogP contribution in [0.1, 0.15) is 54.5 Å². The van der Waals surface area contributed by atoms with Crippen molar-refractivity contribution >= 4 is 21.6 Å². The SMILES string of the molecule is Cc1cc(C(=O)Nc2cccc(S(=O)(=O)N3CCCC3)c2)c(C)n1C(C)C. The van der Waals surface area contributed by atoms with E-state index in [1.165, 1.54) is 10.4 Å². The van der Waals surface area contributed by atoms with Crippen LogP contribution in [0.15, 0.2) is 35.2 Å². The van der Waals surface area contributed by atoms with E-state index >= 15 is 0 Å². The molecule has 0 atom stereocenters. The van der Waals surface area contributed by atoms with Gasteiger partial charge in [-0.3, -0.25) is 4.79 Å². The van der Waals surface area contributed by atoms with Crippen molar-refractivity contribution in [2.24, 2.45) is 0 Å². The fraction of sp³-hybridized carbons (Fsp3) is 0.450. The van der Waals surface area contributed by atoms with Gasteiger partial charge in [0.05, 0.1) is 10.5 Å². The summed E-state index contributed by atoms with van der Waals surface area (Å²) in [7, 11) is -3.51. The molecular weight excluding hydrogens is 362 g/mol. The smallest absolute Gasteiger partial charge is 0.257 e. The maximum Gasteiger partial charge on any atom is 0.257 e. The highest BCUT2D eigenvalue weighted by molar-refractivity contribution is 7.89. The maximum absolute atomic E-state index is 12.8. The van der Waals surface area contributed by atoms with E-state index in [9.17, 15) is 13.2 Å². The summed E-state index contributed by atoms with van der Waals surface area (Å²) in [5.41, 5.74) is 3.02. The summed E-state index contributed by atoms with van der Waals surface area (Å²) in [4.78, 5) is 13.0. The molecular formula is C20H27N3O3S. The number of nitrogens with one attached hydrogen (secondary N) is 1. The summed E-state index contributed by atoms with van der Waals surface area (Å²) < 4.78 is 29.1. The molecule has 146 valence electrons. The highest BCUT2D eigenvalue weighted by Crippen LogP contribution is 2.25. The quantitative estimate of drug-likeness (QED) is 0.847. The van der Waals surface area contributed by atoms with Crippen LogP contribution >= 0.6 is 0 Å². The van der Waals surface area contributed by atoms with Gasteiger partial charge in [-0.15, -0.1) is 0 Å². The lowest BCUT2D eigenvalue weighted by molar-refractivity contribution is 0.102. The molecule has 0 bridgehead atoms. The Morgan fingerprint density at radius 3 is 2.37 bits per heavy atom. The third kappa shape index (κ3) is 3.80. The minimum absolute atomic E-state index is 0.217. The zero-order chi connectivity index (χ0) is 19.8. The molecule has 0 radical (unpaired) electrons. The number of aromatic nitrogens is 1. The number of sulfonamides is 1. The van der Waals surface area contributed by atoms with E-state index in [1.54, 1.807) is 18.2 Å². The molecule has 2 aromatic rings. The molecule has 1 aromatic carbocycles. The van der Waals surface area contributed by atoms with Gasteiger partial charge in [-0.25, -0.2) is 8.42 Å². The first kappa shape index (κ1) is 19.6. The average Bonchev–Trinajstić information content (AvgIpc) is 3.23. The van der Waals surface area contributed by atoms with Gasteiger partial charge in [0, 0.05) is 36.2 Å². The fourth-order valence-corrected chi connectivity index (χ4v) is 5.38. The highest BCUT2D eigenvalue weighted by atomic mass is 32.2. The topological polar surface area (TPSA) is 71.4 Å². The Bertz CT molecular complexity index is 955. The number of nitrogens with zero attached hydrogens (tertiary/aromatic N) is 2. The van der Waals surface area contributed by atoms with Gasteiger partial charge in [0.15, 0.2) is 0 Å². The molecule has 0 spiro atoms. The number of rotatable bonds is 5. The maximum atomic E-state index is 12.8. The predicted octanol–water partition coefficient (Wildman–Crippen LogP) is 3.72. The predicted molar refractivity (Wildman–Crippen MR) is 107 cm³/mol. The van der Waals surface area contributed by atoms with Gasteiger partial charge >= 0.3 is 0 Å². The van der Waals surface area contributed by atoms with Crippen molar-refractivity contribution in [1.82, 2.24) is 8.87 Å². The van der Waals surface area contributed by atoms with Crippen LogP contribution in [0.4, 0.5) is 5.69 Å². The first-order valence-corrected chi connectivity index (χ1v) is 10.8. The Kier molecular flexibility index (Phi) is 5.44. The van der Waals surface area contributed by atoms with Crippen LogP contribution in [0, 0.1) is 13.8 Å². The molecule has 2 heterocycles. The van der Waals surface area contributed by atoms with Crippen molar-refractivity contribution in [3.63, 3.8) is 0 Å². The molecule has 1 amide bonds. The number of benzene rings is 1. The van der Waals surface area contributed by atoms with Gasteiger partial charge in [0.25, 0.3) is 5.91 Å². The molecule has 1 saturated heterocycles. The van der Waals surface area contributed by atoms with Crippen LogP contribution < -0.4 is 5.32 Å². The molecule has 0 aliphatic carbocycles. The van der Waals surface area contributed by atoms with E-state index in [2.05, 4.69) is 23.7 Å². The Morgan fingerprint density at radius 2 is 1.78 bits per heavy atom. The van der Waals surface area contributed by atoms with E-state index < -0.39 is 10.0 Å². The monoisotopic (exact) mass is 389 g/mol. The summed E-state index contributed by atoms with van der Waals surface area (Å²) in [6.07, 6.45) is 1.78. The number of amides is 1. The number of aryl methyl sites for hydroxylation is 1. The first-order chi connectivity index (χ1) is 12.7. The van der Waals surface area contributed by atoms with E-state index in [0.29, 0.717) is 24.3 Å². The van der Waals surface area contributed by atoms with Gasteiger partial charge < -0.3 is 9.88 Å². The minimum atomic E-state index is -3.51. The molecule has 1 N–H and O–H groups in total. The lowest BCUT2D eigenvalue weighted by Crippen LogP contribution is -2.27. The number of carbonyl (C=O) groups is 1. The van der Waals surface area contributed by atoms with E-state index in [1.807, 2.05) is 19.9 Å². The van der Waals surface area contributed by atoms with E-state index in [0.717, 1.165) is 24.2 Å². The standard InChI is InChI=1S/C20H27N3O3S/c1-14(2)23-15(3)12-19(16(23)4)20(24)21-17-8-7-9-18(13-17)27(25,26)22-10-5-6-11-22/h7-9,12-14H,5-6,10-11H2,1-4H3,(H,21,24). The van der Waals surface area contributed by atoms with Gasteiger partial charge in [-0.2, -0.15) is 4.31 Å². The second-order valence-electron chi connectivity index (χ2n) is 7.34. The highest BCUT2D eigenvalue weighted by Gasteiger charge is 2.27. The Hall–Kier alpha value is -2.12. The van der Waals surface area contributed by atoms with Crippen molar-refractivity contribution in [1.29, 1.82) is 0 Å². The third-order valence-electron chi connectivity index (χ3n) is 5.04. The minimum Gasteiger partial charge on any atom is -0.346 e. The van der Waals surface area contributed by atoms with Crippen molar-refractivity contribution in [2.45, 2.75) is 51.5 Å². The van der Waals surface area contributed by atoms with Crippen molar-refractivity contribution in [2.75, 3.05) is 18.4 Å². The molecule has 1 fully saturated rings. The molecule has 0 unspecified atom stereocenters. The molecule has 1 aliphatic rings. The van der Waals surface area contributed by atoms with Crippen LogP contribution in [-0.2, 0) is 10.0 Å². The molecule has 7 heteroatoms. The van der Waals surface area contributed by atoms with Crippen molar-refractivity contribution in [3.05, 3.63) is 47.3 Å². The van der Waals surface area contributed by atoms with Crippen LogP contribution in [0.2, 0.25) is 0 Å². The number of hydrogen-bond donors (Lipinski definition) is 1. The average molecular weight is 390 g/mol. The Balaban J connectivity index is 1.85. The largest absolute Gasteiger partial charge is 0.346 e. The van der Waals surface area contributed by atoms with E-state index in [4.69, 9.17) is 0 Å².